The number of ether oxygens (including phenoxy) is 1. The highest BCUT2D eigenvalue weighted by molar-refractivity contribution is 4.85. The summed E-state index contributed by atoms with van der Waals surface area (Å²) in [5.41, 5.74) is 0. The standard InChI is InChI=1S/C16H28F3NO/c17-16(18,19)14-9-4-5-10-15(14)20-11-6-12-21-13-7-2-1-3-8-13/h13-15,20H,1-12H2. The summed E-state index contributed by atoms with van der Waals surface area (Å²) in [5, 5.41) is 3.12. The molecule has 2 saturated carbocycles. The van der Waals surface area contributed by atoms with Gasteiger partial charge in [0.25, 0.3) is 0 Å². The largest absolute Gasteiger partial charge is 0.393 e. The third-order valence-corrected chi connectivity index (χ3v) is 4.82. The van der Waals surface area contributed by atoms with Crippen LogP contribution in [0.2, 0.25) is 0 Å². The van der Waals surface area contributed by atoms with E-state index >= 15 is 0 Å². The van der Waals surface area contributed by atoms with Crippen molar-refractivity contribution in [1.29, 1.82) is 0 Å². The molecule has 0 aromatic heterocycles. The van der Waals surface area contributed by atoms with Gasteiger partial charge in [-0.15, -0.1) is 0 Å². The molecule has 2 unspecified atom stereocenters. The zero-order valence-corrected chi connectivity index (χ0v) is 12.8. The van der Waals surface area contributed by atoms with Gasteiger partial charge in [-0.05, 0) is 38.6 Å². The lowest BCUT2D eigenvalue weighted by Crippen LogP contribution is -2.45. The smallest absolute Gasteiger partial charge is 0.378 e. The summed E-state index contributed by atoms with van der Waals surface area (Å²) < 4.78 is 44.6. The molecule has 0 spiro atoms. The Morgan fingerprint density at radius 2 is 1.57 bits per heavy atom. The van der Waals surface area contributed by atoms with Crippen LogP contribution in [0.25, 0.3) is 0 Å². The van der Waals surface area contributed by atoms with Crippen molar-refractivity contribution in [3.05, 3.63) is 0 Å². The second-order valence-corrected chi connectivity index (χ2v) is 6.48. The molecule has 0 aliphatic heterocycles. The summed E-state index contributed by atoms with van der Waals surface area (Å²) in [7, 11) is 0. The van der Waals surface area contributed by atoms with Gasteiger partial charge in [0, 0.05) is 12.6 Å². The summed E-state index contributed by atoms with van der Waals surface area (Å²) in [6.45, 7) is 1.30. The highest BCUT2D eigenvalue weighted by Gasteiger charge is 2.45. The molecule has 0 radical (unpaired) electrons. The van der Waals surface area contributed by atoms with Crippen LogP contribution in [0.4, 0.5) is 13.2 Å². The van der Waals surface area contributed by atoms with Gasteiger partial charge in [0.05, 0.1) is 12.0 Å². The normalized spacial score (nSPS) is 28.7. The maximum absolute atomic E-state index is 12.9. The number of hydrogen-bond donors (Lipinski definition) is 1. The van der Waals surface area contributed by atoms with E-state index in [9.17, 15) is 13.2 Å². The highest BCUT2D eigenvalue weighted by Crippen LogP contribution is 2.37. The molecule has 2 atom stereocenters. The number of alkyl halides is 3. The molecule has 2 aliphatic carbocycles. The molecule has 2 rings (SSSR count). The zero-order valence-electron chi connectivity index (χ0n) is 12.8. The van der Waals surface area contributed by atoms with Crippen molar-refractivity contribution in [3.63, 3.8) is 0 Å². The van der Waals surface area contributed by atoms with Crippen molar-refractivity contribution < 1.29 is 17.9 Å². The molecule has 0 bridgehead atoms. The van der Waals surface area contributed by atoms with Crippen molar-refractivity contribution in [2.45, 2.75) is 82.5 Å². The van der Waals surface area contributed by atoms with Crippen LogP contribution in [0.5, 0.6) is 0 Å². The molecule has 2 nitrogen and oxygen atoms in total. The van der Waals surface area contributed by atoms with Crippen molar-refractivity contribution in [3.8, 4) is 0 Å². The Labute approximate surface area is 125 Å². The maximum Gasteiger partial charge on any atom is 0.393 e. The molecular formula is C16H28F3NO. The van der Waals surface area contributed by atoms with Crippen LogP contribution in [0.15, 0.2) is 0 Å². The molecule has 0 heterocycles. The monoisotopic (exact) mass is 307 g/mol. The molecule has 0 saturated heterocycles. The zero-order chi connectivity index (χ0) is 15.1. The van der Waals surface area contributed by atoms with Crippen LogP contribution in [0, 0.1) is 5.92 Å². The van der Waals surface area contributed by atoms with Gasteiger partial charge in [-0.2, -0.15) is 13.2 Å². The third kappa shape index (κ3) is 5.78. The fourth-order valence-corrected chi connectivity index (χ4v) is 3.61. The van der Waals surface area contributed by atoms with Crippen LogP contribution in [-0.4, -0.2) is 31.5 Å². The lowest BCUT2D eigenvalue weighted by molar-refractivity contribution is -0.188. The minimum Gasteiger partial charge on any atom is -0.378 e. The lowest BCUT2D eigenvalue weighted by atomic mass is 9.84. The van der Waals surface area contributed by atoms with Gasteiger partial charge in [-0.25, -0.2) is 0 Å². The number of hydrogen-bond acceptors (Lipinski definition) is 2. The Kier molecular flexibility index (Phi) is 6.80. The molecule has 124 valence electrons. The first-order valence-electron chi connectivity index (χ1n) is 8.49. The van der Waals surface area contributed by atoms with Gasteiger partial charge >= 0.3 is 6.18 Å². The van der Waals surface area contributed by atoms with Crippen molar-refractivity contribution in [1.82, 2.24) is 5.32 Å². The summed E-state index contributed by atoms with van der Waals surface area (Å²) in [6.07, 6.45) is 5.76. The first kappa shape index (κ1) is 17.1. The van der Waals surface area contributed by atoms with E-state index in [2.05, 4.69) is 5.32 Å². The quantitative estimate of drug-likeness (QED) is 0.733. The van der Waals surface area contributed by atoms with Gasteiger partial charge in [0.15, 0.2) is 0 Å². The molecule has 2 fully saturated rings. The SMILES string of the molecule is FC(F)(F)C1CCCCC1NCCCOC1CCCCC1. The molecule has 1 N–H and O–H groups in total. The van der Waals surface area contributed by atoms with Crippen LogP contribution in [-0.2, 0) is 4.74 Å². The van der Waals surface area contributed by atoms with Gasteiger partial charge in [0.2, 0.25) is 0 Å². The summed E-state index contributed by atoms with van der Waals surface area (Å²) >= 11 is 0. The first-order valence-corrected chi connectivity index (χ1v) is 8.49. The topological polar surface area (TPSA) is 21.3 Å². The summed E-state index contributed by atoms with van der Waals surface area (Å²) in [5.74, 6) is -1.16. The Bertz CT molecular complexity index is 290. The molecule has 2 aliphatic rings. The fourth-order valence-electron chi connectivity index (χ4n) is 3.61. The third-order valence-electron chi connectivity index (χ3n) is 4.82. The van der Waals surface area contributed by atoms with E-state index < -0.39 is 18.1 Å². The van der Waals surface area contributed by atoms with Crippen LogP contribution < -0.4 is 5.32 Å². The molecule has 0 amide bonds. The number of halogens is 3. The second-order valence-electron chi connectivity index (χ2n) is 6.48. The van der Waals surface area contributed by atoms with Crippen LogP contribution >= 0.6 is 0 Å². The molecule has 21 heavy (non-hydrogen) atoms. The Balaban J connectivity index is 1.60. The second kappa shape index (κ2) is 8.37. The van der Waals surface area contributed by atoms with Crippen molar-refractivity contribution in [2.75, 3.05) is 13.2 Å². The lowest BCUT2D eigenvalue weighted by Gasteiger charge is -2.33. The minimum atomic E-state index is -4.06. The van der Waals surface area contributed by atoms with E-state index in [1.54, 1.807) is 0 Å². The van der Waals surface area contributed by atoms with Gasteiger partial charge in [0.1, 0.15) is 0 Å². The predicted molar refractivity (Wildman–Crippen MR) is 77.2 cm³/mol. The predicted octanol–water partition coefficient (Wildman–Crippen LogP) is 4.44. The number of nitrogens with one attached hydrogen (secondary N) is 1. The highest BCUT2D eigenvalue weighted by atomic mass is 19.4. The molecular weight excluding hydrogens is 279 g/mol. The molecule has 5 heteroatoms. The first-order chi connectivity index (χ1) is 10.1. The van der Waals surface area contributed by atoms with E-state index in [1.807, 2.05) is 0 Å². The van der Waals surface area contributed by atoms with Crippen LogP contribution in [0.3, 0.4) is 0 Å². The molecule has 0 aromatic rings. The Morgan fingerprint density at radius 1 is 0.905 bits per heavy atom. The average molecular weight is 307 g/mol. The van der Waals surface area contributed by atoms with Crippen molar-refractivity contribution >= 4 is 0 Å². The van der Waals surface area contributed by atoms with E-state index in [-0.39, 0.29) is 6.42 Å². The van der Waals surface area contributed by atoms with E-state index in [0.29, 0.717) is 32.1 Å². The maximum atomic E-state index is 12.9. The Morgan fingerprint density at radius 3 is 2.29 bits per heavy atom. The van der Waals surface area contributed by atoms with E-state index in [1.165, 1.54) is 19.3 Å². The summed E-state index contributed by atoms with van der Waals surface area (Å²) in [6, 6.07) is -0.395. The van der Waals surface area contributed by atoms with Gasteiger partial charge in [-0.1, -0.05) is 32.1 Å². The Hall–Kier alpha value is -0.290. The van der Waals surface area contributed by atoms with E-state index in [4.69, 9.17) is 4.74 Å². The number of rotatable bonds is 6. The fraction of sp³-hybridized carbons (Fsp3) is 1.00. The van der Waals surface area contributed by atoms with E-state index in [0.717, 1.165) is 25.7 Å². The summed E-state index contributed by atoms with van der Waals surface area (Å²) in [4.78, 5) is 0. The molecule has 0 aromatic carbocycles. The average Bonchev–Trinajstić information content (AvgIpc) is 2.47. The van der Waals surface area contributed by atoms with Gasteiger partial charge < -0.3 is 10.1 Å². The van der Waals surface area contributed by atoms with Crippen LogP contribution in [0.1, 0.15) is 64.2 Å². The van der Waals surface area contributed by atoms with Gasteiger partial charge in [-0.3, -0.25) is 0 Å². The minimum absolute atomic E-state index is 0.278. The van der Waals surface area contributed by atoms with Crippen molar-refractivity contribution in [2.24, 2.45) is 5.92 Å².